The number of benzene rings is 1. The van der Waals surface area contributed by atoms with Gasteiger partial charge < -0.3 is 10.8 Å². The summed E-state index contributed by atoms with van der Waals surface area (Å²) in [4.78, 5) is 0. The van der Waals surface area contributed by atoms with Crippen LogP contribution in [-0.2, 0) is 5.54 Å². The molecule has 1 fully saturated rings. The summed E-state index contributed by atoms with van der Waals surface area (Å²) in [5.74, 6) is 0. The second-order valence-electron chi connectivity index (χ2n) is 3.91. The Morgan fingerprint density at radius 1 is 1.50 bits per heavy atom. The van der Waals surface area contributed by atoms with E-state index in [0.29, 0.717) is 18.4 Å². The molecule has 3 N–H and O–H groups in total. The predicted molar refractivity (Wildman–Crippen MR) is 52.3 cm³/mol. The van der Waals surface area contributed by atoms with Crippen LogP contribution in [0.2, 0.25) is 0 Å². The van der Waals surface area contributed by atoms with Crippen molar-refractivity contribution < 1.29 is 5.11 Å². The lowest BCUT2D eigenvalue weighted by atomic mass is 9.70. The third-order valence-electron chi connectivity index (χ3n) is 2.77. The molecule has 0 unspecified atom stereocenters. The summed E-state index contributed by atoms with van der Waals surface area (Å²) in [5, 5.41) is 18.0. The Labute approximate surface area is 82.8 Å². The predicted octanol–water partition coefficient (Wildman–Crippen LogP) is 0.867. The molecule has 2 rings (SSSR count). The molecule has 0 atom stereocenters. The second-order valence-corrected chi connectivity index (χ2v) is 3.91. The van der Waals surface area contributed by atoms with Crippen LogP contribution in [0.5, 0.6) is 0 Å². The summed E-state index contributed by atoms with van der Waals surface area (Å²) >= 11 is 0. The zero-order chi connectivity index (χ0) is 10.2. The lowest BCUT2D eigenvalue weighted by Crippen LogP contribution is -2.51. The van der Waals surface area contributed by atoms with Crippen molar-refractivity contribution in [3.63, 3.8) is 0 Å². The molecule has 0 aromatic heterocycles. The number of rotatable bonds is 1. The van der Waals surface area contributed by atoms with Gasteiger partial charge in [-0.2, -0.15) is 5.26 Å². The topological polar surface area (TPSA) is 70.0 Å². The van der Waals surface area contributed by atoms with Crippen molar-refractivity contribution >= 4 is 0 Å². The molecule has 0 amide bonds. The molecule has 3 nitrogen and oxygen atoms in total. The van der Waals surface area contributed by atoms with Gasteiger partial charge in [-0.3, -0.25) is 0 Å². The van der Waals surface area contributed by atoms with E-state index in [-0.39, 0.29) is 6.10 Å². The van der Waals surface area contributed by atoms with Gasteiger partial charge in [0.15, 0.2) is 0 Å². The van der Waals surface area contributed by atoms with Crippen LogP contribution in [-0.4, -0.2) is 11.2 Å². The first-order valence-corrected chi connectivity index (χ1v) is 4.62. The lowest BCUT2D eigenvalue weighted by molar-refractivity contribution is 0.0209. The third-order valence-corrected chi connectivity index (χ3v) is 2.77. The normalized spacial score (nSPS) is 30.5. The van der Waals surface area contributed by atoms with Crippen LogP contribution in [0.15, 0.2) is 24.3 Å². The van der Waals surface area contributed by atoms with E-state index in [1.807, 2.05) is 12.1 Å². The van der Waals surface area contributed by atoms with Gasteiger partial charge in [0, 0.05) is 5.54 Å². The van der Waals surface area contributed by atoms with Crippen molar-refractivity contribution in [3.8, 4) is 6.07 Å². The smallest absolute Gasteiger partial charge is 0.0991 e. The van der Waals surface area contributed by atoms with E-state index < -0.39 is 5.54 Å². The molecule has 0 bridgehead atoms. The summed E-state index contributed by atoms with van der Waals surface area (Å²) in [7, 11) is 0. The van der Waals surface area contributed by atoms with E-state index in [4.69, 9.17) is 11.0 Å². The molecule has 1 aliphatic rings. The Hall–Kier alpha value is -1.37. The Bertz CT molecular complexity index is 389. The molecule has 1 aliphatic carbocycles. The maximum atomic E-state index is 9.23. The molecular formula is C11H12N2O. The summed E-state index contributed by atoms with van der Waals surface area (Å²) in [6.45, 7) is 0. The fraction of sp³-hybridized carbons (Fsp3) is 0.364. The van der Waals surface area contributed by atoms with Crippen molar-refractivity contribution in [3.05, 3.63) is 35.4 Å². The molecule has 72 valence electrons. The van der Waals surface area contributed by atoms with Crippen LogP contribution in [0, 0.1) is 11.3 Å². The minimum absolute atomic E-state index is 0.286. The Morgan fingerprint density at radius 2 is 2.21 bits per heavy atom. The van der Waals surface area contributed by atoms with Crippen LogP contribution >= 0.6 is 0 Å². The van der Waals surface area contributed by atoms with E-state index in [0.717, 1.165) is 5.56 Å². The highest BCUT2D eigenvalue weighted by Gasteiger charge is 2.41. The van der Waals surface area contributed by atoms with Crippen LogP contribution < -0.4 is 5.73 Å². The van der Waals surface area contributed by atoms with Gasteiger partial charge in [-0.15, -0.1) is 0 Å². The second kappa shape index (κ2) is 3.09. The number of aliphatic hydroxyl groups excluding tert-OH is 1. The number of nitrogens with two attached hydrogens (primary N) is 1. The van der Waals surface area contributed by atoms with Crippen molar-refractivity contribution in [2.45, 2.75) is 24.5 Å². The molecule has 0 heterocycles. The standard InChI is InChI=1S/C11H12N2O/c12-7-8-2-1-3-9(4-8)11(13)5-10(14)6-11/h1-4,10,14H,5-6,13H2. The fourth-order valence-electron chi connectivity index (χ4n) is 1.92. The Kier molecular flexibility index (Phi) is 2.03. The molecule has 1 aromatic rings. The van der Waals surface area contributed by atoms with Gasteiger partial charge in [0.05, 0.1) is 17.7 Å². The van der Waals surface area contributed by atoms with E-state index >= 15 is 0 Å². The zero-order valence-corrected chi connectivity index (χ0v) is 7.77. The van der Waals surface area contributed by atoms with E-state index in [9.17, 15) is 5.11 Å². The van der Waals surface area contributed by atoms with Gasteiger partial charge in [-0.25, -0.2) is 0 Å². The highest BCUT2D eigenvalue weighted by Crippen LogP contribution is 2.38. The highest BCUT2D eigenvalue weighted by atomic mass is 16.3. The molecule has 0 radical (unpaired) electrons. The molecular weight excluding hydrogens is 176 g/mol. The third kappa shape index (κ3) is 1.39. The quantitative estimate of drug-likeness (QED) is 0.687. The van der Waals surface area contributed by atoms with Crippen molar-refractivity contribution in [2.75, 3.05) is 0 Å². The summed E-state index contributed by atoms with van der Waals surface area (Å²) in [6, 6.07) is 9.37. The Morgan fingerprint density at radius 3 is 2.79 bits per heavy atom. The number of hydrogen-bond acceptors (Lipinski definition) is 3. The average Bonchev–Trinajstić information content (AvgIpc) is 2.16. The fourth-order valence-corrected chi connectivity index (χ4v) is 1.92. The Balaban J connectivity index is 2.29. The maximum Gasteiger partial charge on any atom is 0.0991 e. The number of aliphatic hydroxyl groups is 1. The number of hydrogen-bond donors (Lipinski definition) is 2. The summed E-state index contributed by atoms with van der Waals surface area (Å²) in [6.07, 6.45) is 0.884. The van der Waals surface area contributed by atoms with Crippen LogP contribution in [0.3, 0.4) is 0 Å². The van der Waals surface area contributed by atoms with Gasteiger partial charge in [0.25, 0.3) is 0 Å². The first kappa shape index (κ1) is 9.20. The van der Waals surface area contributed by atoms with E-state index in [1.54, 1.807) is 12.1 Å². The van der Waals surface area contributed by atoms with Gasteiger partial charge in [0.1, 0.15) is 0 Å². The minimum Gasteiger partial charge on any atom is -0.393 e. The maximum absolute atomic E-state index is 9.23. The van der Waals surface area contributed by atoms with Crippen molar-refractivity contribution in [1.82, 2.24) is 0 Å². The number of nitriles is 1. The minimum atomic E-state index is -0.424. The molecule has 1 saturated carbocycles. The monoisotopic (exact) mass is 188 g/mol. The number of nitrogens with zero attached hydrogens (tertiary/aromatic N) is 1. The largest absolute Gasteiger partial charge is 0.393 e. The van der Waals surface area contributed by atoms with E-state index in [1.165, 1.54) is 0 Å². The summed E-state index contributed by atoms with van der Waals surface area (Å²) < 4.78 is 0. The van der Waals surface area contributed by atoms with Gasteiger partial charge in [-0.1, -0.05) is 12.1 Å². The molecule has 3 heteroatoms. The lowest BCUT2D eigenvalue weighted by Gasteiger charge is -2.42. The molecule has 0 saturated heterocycles. The van der Waals surface area contributed by atoms with Crippen LogP contribution in [0.4, 0.5) is 0 Å². The van der Waals surface area contributed by atoms with Crippen molar-refractivity contribution in [2.24, 2.45) is 5.73 Å². The summed E-state index contributed by atoms with van der Waals surface area (Å²) in [5.41, 5.74) is 7.21. The molecule has 0 aliphatic heterocycles. The van der Waals surface area contributed by atoms with Crippen molar-refractivity contribution in [1.29, 1.82) is 5.26 Å². The molecule has 14 heavy (non-hydrogen) atoms. The molecule has 0 spiro atoms. The van der Waals surface area contributed by atoms with Crippen LogP contribution in [0.1, 0.15) is 24.0 Å². The highest BCUT2D eigenvalue weighted by molar-refractivity contribution is 5.37. The van der Waals surface area contributed by atoms with Crippen LogP contribution in [0.25, 0.3) is 0 Å². The molecule has 1 aromatic carbocycles. The van der Waals surface area contributed by atoms with Gasteiger partial charge in [-0.05, 0) is 30.5 Å². The van der Waals surface area contributed by atoms with Gasteiger partial charge in [0.2, 0.25) is 0 Å². The zero-order valence-electron chi connectivity index (χ0n) is 7.77. The first-order valence-electron chi connectivity index (χ1n) is 4.62. The average molecular weight is 188 g/mol. The SMILES string of the molecule is N#Cc1cccc(C2(N)CC(O)C2)c1. The first-order chi connectivity index (χ1) is 6.64. The van der Waals surface area contributed by atoms with E-state index in [2.05, 4.69) is 6.07 Å². The van der Waals surface area contributed by atoms with Gasteiger partial charge >= 0.3 is 0 Å².